The minimum Gasteiger partial charge on any atom is -0.414 e. The van der Waals surface area contributed by atoms with Crippen LogP contribution in [0.25, 0.3) is 0 Å². The third-order valence-electron chi connectivity index (χ3n) is 7.11. The van der Waals surface area contributed by atoms with Gasteiger partial charge in [0.2, 0.25) is 11.8 Å². The second-order valence-electron chi connectivity index (χ2n) is 9.93. The topological polar surface area (TPSA) is 67.3 Å². The molecule has 2 aliphatic rings. The molecule has 6 nitrogen and oxygen atoms in total. The first-order valence-electron chi connectivity index (χ1n) is 12.9. The predicted octanol–water partition coefficient (Wildman–Crippen LogP) is 5.10. The van der Waals surface area contributed by atoms with Gasteiger partial charge in [-0.15, -0.1) is 17.9 Å². The summed E-state index contributed by atoms with van der Waals surface area (Å²) >= 11 is 1.58. The molecule has 196 valence electrons. The number of pyridine rings is 1. The van der Waals surface area contributed by atoms with E-state index in [0.717, 1.165) is 91.8 Å². The van der Waals surface area contributed by atoms with Gasteiger partial charge >= 0.3 is 6.11 Å². The quantitative estimate of drug-likeness (QED) is 0.443. The zero-order chi connectivity index (χ0) is 25.5. The Kier molecular flexibility index (Phi) is 9.06. The van der Waals surface area contributed by atoms with Crippen molar-refractivity contribution in [2.75, 3.05) is 19.6 Å². The third-order valence-corrected chi connectivity index (χ3v) is 8.02. The van der Waals surface area contributed by atoms with Crippen molar-refractivity contribution < 1.29 is 18.3 Å². The first-order valence-corrected chi connectivity index (χ1v) is 13.7. The van der Waals surface area contributed by atoms with Crippen LogP contribution in [0.1, 0.15) is 59.7 Å². The number of alkyl halides is 2. The lowest BCUT2D eigenvalue weighted by Crippen LogP contribution is -2.38. The van der Waals surface area contributed by atoms with Crippen LogP contribution in [0.15, 0.2) is 31.0 Å². The molecule has 0 bridgehead atoms. The summed E-state index contributed by atoms with van der Waals surface area (Å²) in [7, 11) is 0. The zero-order valence-corrected chi connectivity index (χ0v) is 21.8. The van der Waals surface area contributed by atoms with E-state index in [1.165, 1.54) is 0 Å². The fourth-order valence-corrected chi connectivity index (χ4v) is 5.93. The van der Waals surface area contributed by atoms with Crippen LogP contribution in [0.4, 0.5) is 8.78 Å². The summed E-state index contributed by atoms with van der Waals surface area (Å²) in [4.78, 5) is 24.4. The number of aryl methyl sites for hydroxylation is 1. The van der Waals surface area contributed by atoms with Gasteiger partial charge in [-0.05, 0) is 63.5 Å². The van der Waals surface area contributed by atoms with Crippen LogP contribution in [-0.4, -0.2) is 52.6 Å². The Morgan fingerprint density at radius 3 is 2.78 bits per heavy atom. The highest BCUT2D eigenvalue weighted by Crippen LogP contribution is 2.29. The maximum Gasteiger partial charge on any atom is 0.402 e. The molecule has 0 saturated heterocycles. The van der Waals surface area contributed by atoms with Gasteiger partial charge < -0.3 is 15.0 Å². The number of aromatic nitrogens is 2. The number of thiazole rings is 1. The summed E-state index contributed by atoms with van der Waals surface area (Å²) < 4.78 is 32.4. The molecule has 1 saturated carbocycles. The molecule has 0 radical (unpaired) electrons. The van der Waals surface area contributed by atoms with Crippen LogP contribution < -0.4 is 10.1 Å². The molecule has 1 fully saturated rings. The smallest absolute Gasteiger partial charge is 0.402 e. The number of fused-ring (bicyclic) bond motifs is 1. The van der Waals surface area contributed by atoms with Gasteiger partial charge in [-0.25, -0.2) is 9.97 Å². The maximum absolute atomic E-state index is 13.8. The molecule has 1 aliphatic carbocycles. The molecule has 0 unspecified atom stereocenters. The fraction of sp³-hybridized carbons (Fsp3) is 0.593. The van der Waals surface area contributed by atoms with Crippen LogP contribution in [0.3, 0.4) is 0 Å². The summed E-state index contributed by atoms with van der Waals surface area (Å²) in [6.45, 7) is 8.16. The highest BCUT2D eigenvalue weighted by atomic mass is 32.1. The van der Waals surface area contributed by atoms with Gasteiger partial charge in [0.05, 0.1) is 17.8 Å². The summed E-state index contributed by atoms with van der Waals surface area (Å²) in [6, 6.07) is 3.69. The lowest BCUT2D eigenvalue weighted by molar-refractivity contribution is -0.174. The van der Waals surface area contributed by atoms with Crippen molar-refractivity contribution in [3.63, 3.8) is 0 Å². The Morgan fingerprint density at radius 1 is 1.28 bits per heavy atom. The van der Waals surface area contributed by atoms with E-state index in [9.17, 15) is 13.6 Å². The maximum atomic E-state index is 13.8. The SMILES string of the molecule is C=CCC(F)(F)Oc1ccc2c(n1)CCN(CC[C@H]1CC[C@H](NC(=O)Cc3cnc(C)s3)CC1)CC2. The van der Waals surface area contributed by atoms with Crippen molar-refractivity contribution in [1.29, 1.82) is 0 Å². The zero-order valence-electron chi connectivity index (χ0n) is 21.0. The minimum atomic E-state index is -3.29. The summed E-state index contributed by atoms with van der Waals surface area (Å²) in [5.74, 6) is 0.746. The second-order valence-corrected chi connectivity index (χ2v) is 11.2. The second kappa shape index (κ2) is 12.2. The van der Waals surface area contributed by atoms with Gasteiger partial charge in [0.15, 0.2) is 0 Å². The van der Waals surface area contributed by atoms with Crippen LogP contribution in [0, 0.1) is 12.8 Å². The molecule has 3 heterocycles. The molecule has 4 rings (SSSR count). The molecule has 0 aromatic carbocycles. The van der Waals surface area contributed by atoms with Crippen LogP contribution in [0.2, 0.25) is 0 Å². The van der Waals surface area contributed by atoms with Gasteiger partial charge in [-0.1, -0.05) is 12.1 Å². The number of hydrogen-bond donors (Lipinski definition) is 1. The largest absolute Gasteiger partial charge is 0.414 e. The van der Waals surface area contributed by atoms with E-state index < -0.39 is 12.5 Å². The number of hydrogen-bond acceptors (Lipinski definition) is 6. The van der Waals surface area contributed by atoms with Crippen molar-refractivity contribution in [1.82, 2.24) is 20.2 Å². The molecule has 36 heavy (non-hydrogen) atoms. The van der Waals surface area contributed by atoms with E-state index in [2.05, 4.69) is 26.8 Å². The number of nitrogens with zero attached hydrogens (tertiary/aromatic N) is 3. The lowest BCUT2D eigenvalue weighted by Gasteiger charge is -2.30. The summed E-state index contributed by atoms with van der Waals surface area (Å²) in [6.07, 6.45) is 6.62. The first-order chi connectivity index (χ1) is 17.3. The molecule has 0 atom stereocenters. The fourth-order valence-electron chi connectivity index (χ4n) is 5.14. The summed E-state index contributed by atoms with van der Waals surface area (Å²) in [5.41, 5.74) is 1.97. The van der Waals surface area contributed by atoms with E-state index in [-0.39, 0.29) is 17.8 Å². The van der Waals surface area contributed by atoms with E-state index in [0.29, 0.717) is 12.3 Å². The normalized spacial score (nSPS) is 20.9. The summed E-state index contributed by atoms with van der Waals surface area (Å²) in [5, 5.41) is 4.20. The van der Waals surface area contributed by atoms with E-state index in [4.69, 9.17) is 4.74 Å². The molecule has 2 aromatic rings. The van der Waals surface area contributed by atoms with Gasteiger partial charge in [0.25, 0.3) is 0 Å². The van der Waals surface area contributed by atoms with Crippen molar-refractivity contribution in [2.24, 2.45) is 5.92 Å². The van der Waals surface area contributed by atoms with Crippen molar-refractivity contribution in [2.45, 2.75) is 76.9 Å². The van der Waals surface area contributed by atoms with Crippen LogP contribution in [-0.2, 0) is 24.1 Å². The van der Waals surface area contributed by atoms with Gasteiger partial charge in [0.1, 0.15) is 0 Å². The number of halogens is 2. The standard InChI is InChI=1S/C27H36F2N4O2S/c1-3-13-27(28,29)35-26-9-6-21-11-15-33(16-12-24(21)32-26)14-10-20-4-7-22(8-5-20)31-25(34)17-23-18-30-19(2)36-23/h3,6,9,18,20,22H,1,4-5,7-8,10-17H2,2H3,(H,31,34)/t20-,22-. The van der Waals surface area contributed by atoms with E-state index >= 15 is 0 Å². The molecule has 1 N–H and O–H groups in total. The van der Waals surface area contributed by atoms with Crippen molar-refractivity contribution in [3.05, 3.63) is 52.1 Å². The van der Waals surface area contributed by atoms with E-state index in [1.54, 1.807) is 23.6 Å². The molecular formula is C27H36F2N4O2S. The van der Waals surface area contributed by atoms with Crippen LogP contribution in [0.5, 0.6) is 5.88 Å². The Hall–Kier alpha value is -2.39. The number of amides is 1. The monoisotopic (exact) mass is 518 g/mol. The lowest BCUT2D eigenvalue weighted by atomic mass is 9.84. The van der Waals surface area contributed by atoms with Crippen molar-refractivity contribution >= 4 is 17.2 Å². The number of carbonyl (C=O) groups excluding carboxylic acids is 1. The average Bonchev–Trinajstić information content (AvgIpc) is 3.12. The Balaban J connectivity index is 1.17. The average molecular weight is 519 g/mol. The first kappa shape index (κ1) is 26.7. The molecule has 2 aromatic heterocycles. The molecular weight excluding hydrogens is 482 g/mol. The van der Waals surface area contributed by atoms with Crippen molar-refractivity contribution in [3.8, 4) is 5.88 Å². The third kappa shape index (κ3) is 7.80. The molecule has 1 amide bonds. The number of ether oxygens (including phenoxy) is 1. The Bertz CT molecular complexity index is 1040. The molecule has 9 heteroatoms. The minimum absolute atomic E-state index is 0.0277. The predicted molar refractivity (Wildman–Crippen MR) is 138 cm³/mol. The van der Waals surface area contributed by atoms with Gasteiger partial charge in [0, 0.05) is 48.4 Å². The Morgan fingerprint density at radius 2 is 2.06 bits per heavy atom. The highest BCUT2D eigenvalue weighted by molar-refractivity contribution is 7.11. The van der Waals surface area contributed by atoms with E-state index in [1.807, 2.05) is 13.0 Å². The van der Waals surface area contributed by atoms with Gasteiger partial charge in [-0.2, -0.15) is 8.78 Å². The van der Waals surface area contributed by atoms with Gasteiger partial charge in [-0.3, -0.25) is 4.79 Å². The van der Waals surface area contributed by atoms with Crippen LogP contribution >= 0.6 is 11.3 Å². The number of rotatable bonds is 10. The number of nitrogens with one attached hydrogen (secondary N) is 1. The molecule has 1 aliphatic heterocycles. The molecule has 0 spiro atoms. The number of carbonyl (C=O) groups is 1. The highest BCUT2D eigenvalue weighted by Gasteiger charge is 2.30. The Labute approximate surface area is 216 Å².